The number of pyridine rings is 1. The summed E-state index contributed by atoms with van der Waals surface area (Å²) in [6.07, 6.45) is 2.65. The average molecular weight is 221 g/mol. The van der Waals surface area contributed by atoms with Crippen molar-refractivity contribution in [3.63, 3.8) is 0 Å². The first-order valence-electron chi connectivity index (χ1n) is 5.29. The summed E-state index contributed by atoms with van der Waals surface area (Å²) in [6, 6.07) is 3.79. The maximum atomic E-state index is 11.2. The van der Waals surface area contributed by atoms with Crippen LogP contribution in [0.1, 0.15) is 24.1 Å². The standard InChI is InChI=1S/C12H15NO3/c1-8-9(4-3-7-13-8)12(5-6-12)10(16-2)11(14)15/h3-4,7,10H,5-6H2,1-2H3,(H,14,15). The lowest BCUT2D eigenvalue weighted by Crippen LogP contribution is -2.36. The van der Waals surface area contributed by atoms with Crippen LogP contribution in [0.3, 0.4) is 0 Å². The van der Waals surface area contributed by atoms with Gasteiger partial charge in [0.15, 0.2) is 6.10 Å². The van der Waals surface area contributed by atoms with E-state index in [2.05, 4.69) is 4.98 Å². The molecule has 0 radical (unpaired) electrons. The Hall–Kier alpha value is -1.42. The van der Waals surface area contributed by atoms with Crippen molar-refractivity contribution in [3.8, 4) is 0 Å². The minimum atomic E-state index is -0.900. The van der Waals surface area contributed by atoms with E-state index < -0.39 is 12.1 Å². The highest BCUT2D eigenvalue weighted by Gasteiger charge is 2.55. The third-order valence-electron chi connectivity index (χ3n) is 3.29. The SMILES string of the molecule is COC(C(=O)O)C1(c2cccnc2C)CC1. The zero-order valence-electron chi connectivity index (χ0n) is 9.43. The van der Waals surface area contributed by atoms with Crippen LogP contribution in [0.5, 0.6) is 0 Å². The number of aliphatic carboxylic acids is 1. The lowest BCUT2D eigenvalue weighted by atomic mass is 9.89. The second-order valence-electron chi connectivity index (χ2n) is 4.25. The molecule has 0 amide bonds. The van der Waals surface area contributed by atoms with Crippen LogP contribution in [0, 0.1) is 6.92 Å². The molecule has 0 saturated heterocycles. The average Bonchev–Trinajstić information content (AvgIpc) is 3.00. The summed E-state index contributed by atoms with van der Waals surface area (Å²) >= 11 is 0. The van der Waals surface area contributed by atoms with Crippen molar-refractivity contribution < 1.29 is 14.6 Å². The molecule has 1 aromatic heterocycles. The molecule has 1 aromatic rings. The predicted molar refractivity (Wildman–Crippen MR) is 58.3 cm³/mol. The number of hydrogen-bond donors (Lipinski definition) is 1. The fourth-order valence-electron chi connectivity index (χ4n) is 2.38. The van der Waals surface area contributed by atoms with Crippen molar-refractivity contribution in [2.45, 2.75) is 31.3 Å². The van der Waals surface area contributed by atoms with Crippen LogP contribution in [0.15, 0.2) is 18.3 Å². The van der Waals surface area contributed by atoms with Crippen molar-refractivity contribution in [3.05, 3.63) is 29.6 Å². The number of hydrogen-bond acceptors (Lipinski definition) is 3. The van der Waals surface area contributed by atoms with Gasteiger partial charge in [0, 0.05) is 24.4 Å². The number of aryl methyl sites for hydroxylation is 1. The smallest absolute Gasteiger partial charge is 0.333 e. The van der Waals surface area contributed by atoms with Gasteiger partial charge >= 0.3 is 5.97 Å². The maximum absolute atomic E-state index is 11.2. The van der Waals surface area contributed by atoms with Crippen molar-refractivity contribution >= 4 is 5.97 Å². The molecule has 4 nitrogen and oxygen atoms in total. The minimum absolute atomic E-state index is 0.362. The Labute approximate surface area is 94.3 Å². The van der Waals surface area contributed by atoms with Crippen LogP contribution >= 0.6 is 0 Å². The quantitative estimate of drug-likeness (QED) is 0.837. The Morgan fingerprint density at radius 2 is 2.31 bits per heavy atom. The Kier molecular flexibility index (Phi) is 2.68. The second-order valence-corrected chi connectivity index (χ2v) is 4.25. The molecule has 1 atom stereocenters. The largest absolute Gasteiger partial charge is 0.479 e. The van der Waals surface area contributed by atoms with E-state index in [1.54, 1.807) is 6.20 Å². The van der Waals surface area contributed by atoms with Gasteiger partial charge in [0.25, 0.3) is 0 Å². The highest BCUT2D eigenvalue weighted by molar-refractivity contribution is 5.76. The lowest BCUT2D eigenvalue weighted by Gasteiger charge is -2.23. The highest BCUT2D eigenvalue weighted by atomic mass is 16.5. The monoisotopic (exact) mass is 221 g/mol. The number of carbonyl (C=O) groups is 1. The number of ether oxygens (including phenoxy) is 1. The maximum Gasteiger partial charge on any atom is 0.333 e. The summed E-state index contributed by atoms with van der Waals surface area (Å²) < 4.78 is 5.12. The number of carboxylic acids is 1. The van der Waals surface area contributed by atoms with Crippen molar-refractivity contribution in [1.29, 1.82) is 0 Å². The van der Waals surface area contributed by atoms with Gasteiger partial charge in [-0.05, 0) is 31.4 Å². The predicted octanol–water partition coefficient (Wildman–Crippen LogP) is 1.52. The minimum Gasteiger partial charge on any atom is -0.479 e. The molecule has 4 heteroatoms. The molecule has 2 rings (SSSR count). The summed E-state index contributed by atoms with van der Waals surface area (Å²) in [5.74, 6) is -0.900. The second kappa shape index (κ2) is 3.87. The molecule has 1 aliphatic rings. The fourth-order valence-corrected chi connectivity index (χ4v) is 2.38. The van der Waals surface area contributed by atoms with E-state index in [9.17, 15) is 4.79 Å². The Morgan fingerprint density at radius 3 is 2.75 bits per heavy atom. The first-order chi connectivity index (χ1) is 7.62. The third kappa shape index (κ3) is 1.59. The van der Waals surface area contributed by atoms with Crippen LogP contribution in [0.2, 0.25) is 0 Å². The normalized spacial score (nSPS) is 19.1. The van der Waals surface area contributed by atoms with Gasteiger partial charge in [-0.2, -0.15) is 0 Å². The Bertz CT molecular complexity index is 412. The number of nitrogens with zero attached hydrogens (tertiary/aromatic N) is 1. The topological polar surface area (TPSA) is 59.4 Å². The molecule has 0 aliphatic heterocycles. The molecule has 16 heavy (non-hydrogen) atoms. The van der Waals surface area contributed by atoms with E-state index in [4.69, 9.17) is 9.84 Å². The van der Waals surface area contributed by atoms with E-state index in [-0.39, 0.29) is 5.41 Å². The molecule has 0 spiro atoms. The van der Waals surface area contributed by atoms with Crippen LogP contribution in [-0.4, -0.2) is 29.3 Å². The van der Waals surface area contributed by atoms with Crippen molar-refractivity contribution in [2.75, 3.05) is 7.11 Å². The molecule has 1 aliphatic carbocycles. The summed E-state index contributed by atoms with van der Waals surface area (Å²) in [7, 11) is 1.45. The molecular weight excluding hydrogens is 206 g/mol. The molecule has 1 N–H and O–H groups in total. The first kappa shape index (κ1) is 11.1. The molecule has 1 unspecified atom stereocenters. The fraction of sp³-hybridized carbons (Fsp3) is 0.500. The zero-order chi connectivity index (χ0) is 11.8. The van der Waals surface area contributed by atoms with E-state index in [1.807, 2.05) is 19.1 Å². The Morgan fingerprint density at radius 1 is 1.62 bits per heavy atom. The van der Waals surface area contributed by atoms with Crippen LogP contribution in [0.4, 0.5) is 0 Å². The summed E-state index contributed by atoms with van der Waals surface area (Å²) in [5, 5.41) is 9.16. The number of carboxylic acid groups (broad SMARTS) is 1. The third-order valence-corrected chi connectivity index (χ3v) is 3.29. The molecule has 0 bridgehead atoms. The van der Waals surface area contributed by atoms with Gasteiger partial charge in [0.2, 0.25) is 0 Å². The van der Waals surface area contributed by atoms with Crippen molar-refractivity contribution in [1.82, 2.24) is 4.98 Å². The Balaban J connectivity index is 2.39. The van der Waals surface area contributed by atoms with Crippen molar-refractivity contribution in [2.24, 2.45) is 0 Å². The summed E-state index contributed by atoms with van der Waals surface area (Å²) in [6.45, 7) is 1.91. The number of methoxy groups -OCH3 is 1. The van der Waals surface area contributed by atoms with E-state index >= 15 is 0 Å². The molecule has 1 saturated carbocycles. The van der Waals surface area contributed by atoms with Crippen LogP contribution in [0.25, 0.3) is 0 Å². The van der Waals surface area contributed by atoms with Crippen LogP contribution < -0.4 is 0 Å². The summed E-state index contributed by atoms with van der Waals surface area (Å²) in [5.41, 5.74) is 1.53. The number of aromatic nitrogens is 1. The van der Waals surface area contributed by atoms with E-state index in [1.165, 1.54) is 7.11 Å². The van der Waals surface area contributed by atoms with Gasteiger partial charge in [-0.3, -0.25) is 4.98 Å². The zero-order valence-corrected chi connectivity index (χ0v) is 9.43. The molecular formula is C12H15NO3. The van der Waals surface area contributed by atoms with Gasteiger partial charge in [0.1, 0.15) is 0 Å². The van der Waals surface area contributed by atoms with Gasteiger partial charge in [0.05, 0.1) is 0 Å². The highest BCUT2D eigenvalue weighted by Crippen LogP contribution is 2.52. The van der Waals surface area contributed by atoms with Crippen LogP contribution in [-0.2, 0) is 14.9 Å². The first-order valence-corrected chi connectivity index (χ1v) is 5.29. The molecule has 86 valence electrons. The molecule has 0 aromatic carbocycles. The molecule has 1 fully saturated rings. The number of rotatable bonds is 4. The van der Waals surface area contributed by atoms with Gasteiger partial charge in [-0.15, -0.1) is 0 Å². The lowest BCUT2D eigenvalue weighted by molar-refractivity contribution is -0.150. The van der Waals surface area contributed by atoms with Gasteiger partial charge in [-0.1, -0.05) is 6.07 Å². The van der Waals surface area contributed by atoms with E-state index in [0.717, 1.165) is 24.1 Å². The van der Waals surface area contributed by atoms with E-state index in [0.29, 0.717) is 0 Å². The van der Waals surface area contributed by atoms with Gasteiger partial charge < -0.3 is 9.84 Å². The van der Waals surface area contributed by atoms with Gasteiger partial charge in [-0.25, -0.2) is 4.79 Å². The summed E-state index contributed by atoms with van der Waals surface area (Å²) in [4.78, 5) is 15.4. The molecule has 1 heterocycles.